The molecular weight excluding hydrogens is 314 g/mol. The number of aryl methyl sites for hydroxylation is 2. The predicted molar refractivity (Wildman–Crippen MR) is 96.1 cm³/mol. The van der Waals surface area contributed by atoms with Crippen molar-refractivity contribution in [2.75, 3.05) is 26.7 Å². The van der Waals surface area contributed by atoms with Gasteiger partial charge in [-0.15, -0.1) is 0 Å². The molecule has 1 unspecified atom stereocenters. The van der Waals surface area contributed by atoms with E-state index in [9.17, 15) is 4.79 Å². The highest BCUT2D eigenvalue weighted by Crippen LogP contribution is 2.20. The van der Waals surface area contributed by atoms with Gasteiger partial charge in [0.15, 0.2) is 0 Å². The van der Waals surface area contributed by atoms with Gasteiger partial charge in [-0.2, -0.15) is 0 Å². The number of nitrogens with zero attached hydrogens (tertiary/aromatic N) is 5. The van der Waals surface area contributed by atoms with Crippen LogP contribution in [-0.4, -0.2) is 57.3 Å². The Labute approximate surface area is 148 Å². The van der Waals surface area contributed by atoms with Crippen molar-refractivity contribution in [3.8, 4) is 0 Å². The van der Waals surface area contributed by atoms with Crippen molar-refractivity contribution in [3.05, 3.63) is 53.4 Å². The molecule has 2 aromatic rings. The van der Waals surface area contributed by atoms with Crippen LogP contribution in [-0.2, 0) is 6.54 Å². The number of carbonyl (C=O) groups is 1. The van der Waals surface area contributed by atoms with Crippen molar-refractivity contribution >= 4 is 5.91 Å². The second-order valence-corrected chi connectivity index (χ2v) is 6.91. The van der Waals surface area contributed by atoms with E-state index in [1.54, 1.807) is 12.3 Å². The molecule has 1 aliphatic heterocycles. The third kappa shape index (κ3) is 4.60. The molecule has 1 atom stereocenters. The fraction of sp³-hybridized carbons (Fsp3) is 0.474. The first kappa shape index (κ1) is 17.5. The van der Waals surface area contributed by atoms with Gasteiger partial charge in [0.1, 0.15) is 11.5 Å². The van der Waals surface area contributed by atoms with E-state index in [1.807, 2.05) is 31.0 Å². The molecule has 3 rings (SSSR count). The van der Waals surface area contributed by atoms with Crippen molar-refractivity contribution < 1.29 is 4.79 Å². The molecule has 0 bridgehead atoms. The van der Waals surface area contributed by atoms with E-state index >= 15 is 0 Å². The van der Waals surface area contributed by atoms with Crippen LogP contribution in [0.3, 0.4) is 0 Å². The van der Waals surface area contributed by atoms with Crippen LogP contribution < -0.4 is 0 Å². The molecule has 1 aliphatic rings. The SMILES string of the molecule is Cc1cc(C(=O)N2CCC(CN(C)Cc3cccnc3)C2)nc(C)n1. The number of carbonyl (C=O) groups excluding carboxylic acids is 1. The highest BCUT2D eigenvalue weighted by atomic mass is 16.2. The zero-order valence-electron chi connectivity index (χ0n) is 15.1. The fourth-order valence-corrected chi connectivity index (χ4v) is 3.46. The number of rotatable bonds is 5. The van der Waals surface area contributed by atoms with Crippen LogP contribution in [0.4, 0.5) is 0 Å². The minimum atomic E-state index is 0.0195. The molecule has 1 saturated heterocycles. The van der Waals surface area contributed by atoms with Crippen molar-refractivity contribution in [2.45, 2.75) is 26.8 Å². The van der Waals surface area contributed by atoms with Gasteiger partial charge >= 0.3 is 0 Å². The van der Waals surface area contributed by atoms with Crippen LogP contribution in [0.5, 0.6) is 0 Å². The molecule has 25 heavy (non-hydrogen) atoms. The number of hydrogen-bond donors (Lipinski definition) is 0. The number of likely N-dealkylation sites (tertiary alicyclic amines) is 1. The molecule has 2 aromatic heterocycles. The molecule has 0 radical (unpaired) electrons. The quantitative estimate of drug-likeness (QED) is 0.835. The summed E-state index contributed by atoms with van der Waals surface area (Å²) in [5.74, 6) is 1.16. The molecule has 1 fully saturated rings. The summed E-state index contributed by atoms with van der Waals surface area (Å²) in [6.07, 6.45) is 4.73. The molecule has 6 nitrogen and oxygen atoms in total. The maximum Gasteiger partial charge on any atom is 0.272 e. The molecule has 0 aliphatic carbocycles. The largest absolute Gasteiger partial charge is 0.337 e. The molecule has 132 valence electrons. The van der Waals surface area contributed by atoms with E-state index in [1.165, 1.54) is 5.56 Å². The minimum Gasteiger partial charge on any atom is -0.337 e. The average molecular weight is 339 g/mol. The minimum absolute atomic E-state index is 0.0195. The van der Waals surface area contributed by atoms with Gasteiger partial charge in [0.05, 0.1) is 0 Å². The molecule has 3 heterocycles. The van der Waals surface area contributed by atoms with Crippen LogP contribution in [0.2, 0.25) is 0 Å². The topological polar surface area (TPSA) is 62.2 Å². The summed E-state index contributed by atoms with van der Waals surface area (Å²) < 4.78 is 0. The lowest BCUT2D eigenvalue weighted by Gasteiger charge is -2.21. The normalized spacial score (nSPS) is 17.3. The first-order valence-corrected chi connectivity index (χ1v) is 8.70. The average Bonchev–Trinajstić information content (AvgIpc) is 3.02. The summed E-state index contributed by atoms with van der Waals surface area (Å²) >= 11 is 0. The van der Waals surface area contributed by atoms with E-state index in [0.717, 1.165) is 38.3 Å². The van der Waals surface area contributed by atoms with Crippen LogP contribution >= 0.6 is 0 Å². The summed E-state index contributed by atoms with van der Waals surface area (Å²) in [5, 5.41) is 0. The first-order chi connectivity index (χ1) is 12.0. The Balaban J connectivity index is 1.55. The number of pyridine rings is 1. The second kappa shape index (κ2) is 7.70. The summed E-state index contributed by atoms with van der Waals surface area (Å²) in [5.41, 5.74) is 2.56. The Bertz CT molecular complexity index is 714. The van der Waals surface area contributed by atoms with Crippen LogP contribution in [0.15, 0.2) is 30.6 Å². The van der Waals surface area contributed by atoms with Gasteiger partial charge in [0, 0.05) is 44.3 Å². The van der Waals surface area contributed by atoms with Gasteiger partial charge in [0.25, 0.3) is 5.91 Å². The maximum atomic E-state index is 12.7. The molecule has 0 aromatic carbocycles. The molecule has 6 heteroatoms. The highest BCUT2D eigenvalue weighted by Gasteiger charge is 2.28. The molecule has 0 spiro atoms. The van der Waals surface area contributed by atoms with Crippen molar-refractivity contribution in [2.24, 2.45) is 5.92 Å². The third-order valence-electron chi connectivity index (χ3n) is 4.50. The lowest BCUT2D eigenvalue weighted by Crippen LogP contribution is -2.32. The van der Waals surface area contributed by atoms with E-state index in [0.29, 0.717) is 17.4 Å². The van der Waals surface area contributed by atoms with Crippen LogP contribution in [0.25, 0.3) is 0 Å². The molecule has 0 N–H and O–H groups in total. The lowest BCUT2D eigenvalue weighted by molar-refractivity contribution is 0.0777. The maximum absolute atomic E-state index is 12.7. The van der Waals surface area contributed by atoms with E-state index in [4.69, 9.17) is 0 Å². The van der Waals surface area contributed by atoms with Gasteiger partial charge < -0.3 is 9.80 Å². The first-order valence-electron chi connectivity index (χ1n) is 8.70. The Morgan fingerprint density at radius 1 is 1.36 bits per heavy atom. The van der Waals surface area contributed by atoms with Gasteiger partial charge in [-0.3, -0.25) is 9.78 Å². The second-order valence-electron chi connectivity index (χ2n) is 6.91. The number of hydrogen-bond acceptors (Lipinski definition) is 5. The van der Waals surface area contributed by atoms with Crippen molar-refractivity contribution in [1.29, 1.82) is 0 Å². The third-order valence-corrected chi connectivity index (χ3v) is 4.50. The summed E-state index contributed by atoms with van der Waals surface area (Å²) in [6.45, 7) is 7.16. The Morgan fingerprint density at radius 2 is 2.20 bits per heavy atom. The standard InChI is InChI=1S/C19H25N5O/c1-14-9-18(22-15(2)21-14)19(25)24-8-6-17(13-24)12-23(3)11-16-5-4-7-20-10-16/h4-5,7,9-10,17H,6,8,11-13H2,1-3H3. The zero-order chi connectivity index (χ0) is 17.8. The van der Waals surface area contributed by atoms with Gasteiger partial charge in [-0.1, -0.05) is 6.07 Å². The molecular formula is C19H25N5O. The summed E-state index contributed by atoms with van der Waals surface area (Å²) in [6, 6.07) is 5.83. The van der Waals surface area contributed by atoms with Gasteiger partial charge in [-0.05, 0) is 50.9 Å². The fourth-order valence-electron chi connectivity index (χ4n) is 3.46. The Morgan fingerprint density at radius 3 is 2.92 bits per heavy atom. The van der Waals surface area contributed by atoms with Gasteiger partial charge in [0.2, 0.25) is 0 Å². The monoisotopic (exact) mass is 339 g/mol. The Hall–Kier alpha value is -2.34. The lowest BCUT2D eigenvalue weighted by atomic mass is 10.1. The highest BCUT2D eigenvalue weighted by molar-refractivity contribution is 5.92. The van der Waals surface area contributed by atoms with Crippen LogP contribution in [0, 0.1) is 19.8 Å². The summed E-state index contributed by atoms with van der Waals surface area (Å²) in [4.78, 5) is 29.6. The Kier molecular flexibility index (Phi) is 5.38. The number of aromatic nitrogens is 3. The zero-order valence-corrected chi connectivity index (χ0v) is 15.1. The van der Waals surface area contributed by atoms with Crippen molar-refractivity contribution in [3.63, 3.8) is 0 Å². The van der Waals surface area contributed by atoms with Crippen LogP contribution in [0.1, 0.15) is 34.0 Å². The molecule has 0 saturated carbocycles. The summed E-state index contributed by atoms with van der Waals surface area (Å²) in [7, 11) is 2.12. The smallest absolute Gasteiger partial charge is 0.272 e. The van der Waals surface area contributed by atoms with E-state index in [2.05, 4.69) is 33.0 Å². The van der Waals surface area contributed by atoms with Crippen molar-refractivity contribution in [1.82, 2.24) is 24.8 Å². The van der Waals surface area contributed by atoms with E-state index < -0.39 is 0 Å². The van der Waals surface area contributed by atoms with Gasteiger partial charge in [-0.25, -0.2) is 9.97 Å². The van der Waals surface area contributed by atoms with E-state index in [-0.39, 0.29) is 5.91 Å². The predicted octanol–water partition coefficient (Wildman–Crippen LogP) is 2.08. The molecule has 1 amide bonds. The number of amides is 1.